The van der Waals surface area contributed by atoms with Gasteiger partial charge in [0.1, 0.15) is 73.2 Å². The van der Waals surface area contributed by atoms with Gasteiger partial charge in [-0.3, -0.25) is 9.59 Å². The van der Waals surface area contributed by atoms with Gasteiger partial charge < -0.3 is 89.7 Å². The van der Waals surface area contributed by atoms with Crippen molar-refractivity contribution in [2.75, 3.05) is 19.8 Å². The van der Waals surface area contributed by atoms with Crippen LogP contribution in [0.4, 0.5) is 0 Å². The van der Waals surface area contributed by atoms with E-state index in [-0.39, 0.29) is 46.3 Å². The maximum atomic E-state index is 13.8. The Labute approximate surface area is 396 Å². The summed E-state index contributed by atoms with van der Waals surface area (Å²) in [6.07, 6.45) is -19.2. The molecule has 3 heterocycles. The molecule has 25 atom stereocenters. The standard InChI is InChI=1S/C48H78O20/c1-43(2)13-15-48(42(61)62)16-14-45(4)21(22(48)17-43)7-8-26-44(3)11-10-28(47(6,41(59)60)27(44)9-12-46(26,45)5)67-40-36(58)37(31(53)24(19-50)65-40)68-39-35(57)33(55)30(52)25(66-39)20-63-38-34(56)32(54)29(51)23(18-49)64-38/h21-40,49-58H,7-20H2,1-6H3,(H,59,60)(H,61,62). The van der Waals surface area contributed by atoms with E-state index < -0.39 is 146 Å². The minimum atomic E-state index is -1.98. The largest absolute Gasteiger partial charge is 0.481 e. The third-order valence-electron chi connectivity index (χ3n) is 20.1. The Bertz CT molecular complexity index is 1840. The van der Waals surface area contributed by atoms with Gasteiger partial charge in [0, 0.05) is 0 Å². The zero-order valence-electron chi connectivity index (χ0n) is 40.1. The molecule has 0 amide bonds. The van der Waals surface area contributed by atoms with E-state index in [1.807, 2.05) is 0 Å². The van der Waals surface area contributed by atoms with Gasteiger partial charge in [0.15, 0.2) is 18.9 Å². The first-order valence-electron chi connectivity index (χ1n) is 24.8. The Hall–Kier alpha value is -1.70. The molecule has 0 bridgehead atoms. The first-order valence-corrected chi connectivity index (χ1v) is 24.8. The average molecular weight is 975 g/mol. The highest BCUT2D eigenvalue weighted by atomic mass is 16.8. The molecule has 25 unspecified atom stereocenters. The number of carbonyl (C=O) groups is 2. The Morgan fingerprint density at radius 3 is 1.74 bits per heavy atom. The van der Waals surface area contributed by atoms with Crippen molar-refractivity contribution < 1.29 is 99.3 Å². The second-order valence-corrected chi connectivity index (χ2v) is 23.7. The molecule has 8 aliphatic rings. The van der Waals surface area contributed by atoms with Crippen LogP contribution in [0.3, 0.4) is 0 Å². The van der Waals surface area contributed by atoms with Gasteiger partial charge in [-0.05, 0) is 123 Å². The summed E-state index contributed by atoms with van der Waals surface area (Å²) < 4.78 is 35.0. The average Bonchev–Trinajstić information content (AvgIpc) is 3.28. The monoisotopic (exact) mass is 975 g/mol. The summed E-state index contributed by atoms with van der Waals surface area (Å²) in [6.45, 7) is 11.0. The lowest BCUT2D eigenvalue weighted by Gasteiger charge is -2.73. The van der Waals surface area contributed by atoms with Crippen LogP contribution in [0.15, 0.2) is 0 Å². The van der Waals surface area contributed by atoms with Gasteiger partial charge in [-0.2, -0.15) is 0 Å². The molecule has 3 aliphatic heterocycles. The summed E-state index contributed by atoms with van der Waals surface area (Å²) in [5.74, 6) is -1.73. The molecule has 8 rings (SSSR count). The third kappa shape index (κ3) is 8.10. The highest BCUT2D eigenvalue weighted by Gasteiger charge is 2.73. The maximum absolute atomic E-state index is 13.8. The predicted octanol–water partition coefficient (Wildman–Crippen LogP) is -0.149. The van der Waals surface area contributed by atoms with Crippen molar-refractivity contribution in [3.05, 3.63) is 0 Å². The lowest BCUT2D eigenvalue weighted by Crippen LogP contribution is -2.69. The number of fused-ring (bicyclic) bond motifs is 7. The number of aliphatic hydroxyl groups is 10. The van der Waals surface area contributed by atoms with Crippen LogP contribution < -0.4 is 0 Å². The first-order chi connectivity index (χ1) is 31.8. The third-order valence-corrected chi connectivity index (χ3v) is 20.1. The van der Waals surface area contributed by atoms with Gasteiger partial charge in [0.05, 0.1) is 36.8 Å². The first kappa shape index (κ1) is 52.6. The van der Waals surface area contributed by atoms with Crippen LogP contribution in [0.25, 0.3) is 0 Å². The Balaban J connectivity index is 0.989. The van der Waals surface area contributed by atoms with Crippen LogP contribution >= 0.6 is 0 Å². The number of aliphatic carboxylic acids is 2. The van der Waals surface area contributed by atoms with E-state index in [1.54, 1.807) is 6.92 Å². The molecule has 20 heteroatoms. The van der Waals surface area contributed by atoms with Crippen LogP contribution in [0.2, 0.25) is 0 Å². The van der Waals surface area contributed by atoms with Crippen LogP contribution in [0, 0.1) is 56.2 Å². The molecule has 68 heavy (non-hydrogen) atoms. The van der Waals surface area contributed by atoms with Crippen molar-refractivity contribution >= 4 is 11.9 Å². The molecule has 5 aliphatic carbocycles. The highest BCUT2D eigenvalue weighted by Crippen LogP contribution is 2.77. The van der Waals surface area contributed by atoms with Gasteiger partial charge in [-0.15, -0.1) is 0 Å². The van der Waals surface area contributed by atoms with E-state index in [9.17, 15) is 70.9 Å². The minimum absolute atomic E-state index is 0.0417. The lowest BCUT2D eigenvalue weighted by molar-refractivity contribution is -0.373. The SMILES string of the molecule is CC1(C)CCC2(C(=O)O)CCC3(C)C(CCC4C5(C)CCC(OC6OC(CO)C(O)C(OC7OC(COC8OC(CO)C(O)C(O)C8O)C(O)C(O)C7O)C6O)C(C)(C(=O)O)C5CCC43C)C2C1. The van der Waals surface area contributed by atoms with E-state index in [0.717, 1.165) is 38.5 Å². The van der Waals surface area contributed by atoms with E-state index >= 15 is 0 Å². The second-order valence-electron chi connectivity index (χ2n) is 23.7. The number of aliphatic hydroxyl groups excluding tert-OH is 10. The molecule has 0 aromatic carbocycles. The molecule has 0 aromatic rings. The molecule has 3 saturated heterocycles. The zero-order valence-corrected chi connectivity index (χ0v) is 40.1. The summed E-state index contributed by atoms with van der Waals surface area (Å²) in [5, 5.41) is 129. The normalized spacial score (nSPS) is 54.6. The van der Waals surface area contributed by atoms with Crippen molar-refractivity contribution in [2.24, 2.45) is 56.2 Å². The summed E-state index contributed by atoms with van der Waals surface area (Å²) in [6, 6.07) is 0. The van der Waals surface area contributed by atoms with E-state index in [0.29, 0.717) is 25.7 Å². The topological polar surface area (TPSA) is 332 Å². The number of hydrogen-bond donors (Lipinski definition) is 12. The molecular weight excluding hydrogens is 897 g/mol. The van der Waals surface area contributed by atoms with Crippen LogP contribution in [0.1, 0.15) is 112 Å². The number of hydrogen-bond acceptors (Lipinski definition) is 18. The lowest BCUT2D eigenvalue weighted by atomic mass is 9.31. The fourth-order valence-electron chi connectivity index (χ4n) is 15.8. The van der Waals surface area contributed by atoms with E-state index in [4.69, 9.17) is 28.4 Å². The molecule has 0 aromatic heterocycles. The Kier molecular flexibility index (Phi) is 14.4. The molecule has 5 saturated carbocycles. The van der Waals surface area contributed by atoms with Crippen LogP contribution in [0.5, 0.6) is 0 Å². The van der Waals surface area contributed by atoms with Gasteiger partial charge in [-0.1, -0.05) is 34.6 Å². The molecule has 8 fully saturated rings. The minimum Gasteiger partial charge on any atom is -0.481 e. The van der Waals surface area contributed by atoms with Crippen molar-refractivity contribution in [1.29, 1.82) is 0 Å². The maximum Gasteiger partial charge on any atom is 0.312 e. The molecule has 390 valence electrons. The summed E-state index contributed by atoms with van der Waals surface area (Å²) in [4.78, 5) is 27.0. The number of carboxylic acids is 2. The quantitative estimate of drug-likeness (QED) is 0.120. The molecular formula is C48H78O20. The Morgan fingerprint density at radius 1 is 0.529 bits per heavy atom. The Morgan fingerprint density at radius 2 is 1.10 bits per heavy atom. The van der Waals surface area contributed by atoms with Crippen molar-refractivity contribution in [2.45, 2.75) is 210 Å². The van der Waals surface area contributed by atoms with Crippen LogP contribution in [-0.2, 0) is 38.0 Å². The summed E-state index contributed by atoms with van der Waals surface area (Å²) in [7, 11) is 0. The van der Waals surface area contributed by atoms with E-state index in [1.165, 1.54) is 0 Å². The van der Waals surface area contributed by atoms with Crippen LogP contribution in [-0.4, -0.2) is 191 Å². The van der Waals surface area contributed by atoms with Gasteiger partial charge in [-0.25, -0.2) is 0 Å². The molecule has 20 nitrogen and oxygen atoms in total. The van der Waals surface area contributed by atoms with Gasteiger partial charge in [0.2, 0.25) is 0 Å². The predicted molar refractivity (Wildman–Crippen MR) is 233 cm³/mol. The second kappa shape index (κ2) is 18.7. The fourth-order valence-corrected chi connectivity index (χ4v) is 15.8. The summed E-state index contributed by atoms with van der Waals surface area (Å²) in [5.41, 5.74) is -3.01. The van der Waals surface area contributed by atoms with Crippen molar-refractivity contribution in [3.63, 3.8) is 0 Å². The summed E-state index contributed by atoms with van der Waals surface area (Å²) >= 11 is 0. The number of ether oxygens (including phenoxy) is 6. The van der Waals surface area contributed by atoms with Gasteiger partial charge in [0.25, 0.3) is 0 Å². The highest BCUT2D eigenvalue weighted by molar-refractivity contribution is 5.76. The van der Waals surface area contributed by atoms with Crippen molar-refractivity contribution in [3.8, 4) is 0 Å². The molecule has 0 spiro atoms. The van der Waals surface area contributed by atoms with Gasteiger partial charge >= 0.3 is 11.9 Å². The molecule has 0 radical (unpaired) electrons. The fraction of sp³-hybridized carbons (Fsp3) is 0.958. The smallest absolute Gasteiger partial charge is 0.312 e. The number of rotatable bonds is 11. The zero-order chi connectivity index (χ0) is 49.8. The van der Waals surface area contributed by atoms with Crippen molar-refractivity contribution in [1.82, 2.24) is 0 Å². The van der Waals surface area contributed by atoms with E-state index in [2.05, 4.69) is 34.6 Å². The number of carboxylic acid groups (broad SMARTS) is 2. The molecule has 12 N–H and O–H groups in total.